The SMILES string of the molecule is C=CCOC1CC2CN(C(=O)c3ncn(C)n3)CCN2C1. The topological polar surface area (TPSA) is 63.5 Å². The summed E-state index contributed by atoms with van der Waals surface area (Å²) in [6, 6.07) is 0.376. The fourth-order valence-corrected chi connectivity index (χ4v) is 3.08. The predicted molar refractivity (Wildman–Crippen MR) is 76.8 cm³/mol. The van der Waals surface area contributed by atoms with Crippen molar-refractivity contribution in [3.63, 3.8) is 0 Å². The number of amides is 1. The number of aryl methyl sites for hydroxylation is 1. The van der Waals surface area contributed by atoms with Crippen molar-refractivity contribution in [1.82, 2.24) is 24.6 Å². The lowest BCUT2D eigenvalue weighted by Crippen LogP contribution is -2.52. The maximum Gasteiger partial charge on any atom is 0.293 e. The van der Waals surface area contributed by atoms with Gasteiger partial charge in [0.1, 0.15) is 6.33 Å². The Morgan fingerprint density at radius 2 is 2.38 bits per heavy atom. The number of carbonyl (C=O) groups is 1. The van der Waals surface area contributed by atoms with Crippen molar-refractivity contribution in [1.29, 1.82) is 0 Å². The molecular formula is C14H21N5O2. The zero-order valence-corrected chi connectivity index (χ0v) is 12.3. The molecule has 1 amide bonds. The highest BCUT2D eigenvalue weighted by molar-refractivity contribution is 5.90. The van der Waals surface area contributed by atoms with Gasteiger partial charge in [0.05, 0.1) is 12.7 Å². The lowest BCUT2D eigenvalue weighted by atomic mass is 10.1. The highest BCUT2D eigenvalue weighted by Crippen LogP contribution is 2.24. The predicted octanol–water partition coefficient (Wildman–Crippen LogP) is -0.0836. The molecule has 3 heterocycles. The fraction of sp³-hybridized carbons (Fsp3) is 0.643. The Bertz CT molecular complexity index is 529. The Hall–Kier alpha value is -1.73. The Balaban J connectivity index is 1.59. The summed E-state index contributed by atoms with van der Waals surface area (Å²) in [4.78, 5) is 20.7. The first-order valence-electron chi connectivity index (χ1n) is 7.29. The van der Waals surface area contributed by atoms with E-state index < -0.39 is 0 Å². The normalized spacial score (nSPS) is 25.9. The van der Waals surface area contributed by atoms with Gasteiger partial charge in [0, 0.05) is 39.3 Å². The first kappa shape index (κ1) is 14.2. The van der Waals surface area contributed by atoms with Crippen LogP contribution in [0.4, 0.5) is 0 Å². The van der Waals surface area contributed by atoms with E-state index in [0.29, 0.717) is 12.6 Å². The first-order valence-corrected chi connectivity index (χ1v) is 7.29. The van der Waals surface area contributed by atoms with Crippen LogP contribution in [0.3, 0.4) is 0 Å². The molecule has 2 aliphatic rings. The van der Waals surface area contributed by atoms with Crippen LogP contribution < -0.4 is 0 Å². The third-order valence-electron chi connectivity index (χ3n) is 4.11. The molecule has 21 heavy (non-hydrogen) atoms. The van der Waals surface area contributed by atoms with Gasteiger partial charge in [-0.05, 0) is 6.42 Å². The van der Waals surface area contributed by atoms with Gasteiger partial charge in [0.2, 0.25) is 5.82 Å². The zero-order valence-electron chi connectivity index (χ0n) is 12.3. The van der Waals surface area contributed by atoms with Gasteiger partial charge in [-0.25, -0.2) is 4.98 Å². The van der Waals surface area contributed by atoms with Crippen LogP contribution in [0.5, 0.6) is 0 Å². The maximum absolute atomic E-state index is 12.4. The quantitative estimate of drug-likeness (QED) is 0.726. The van der Waals surface area contributed by atoms with Crippen molar-refractivity contribution < 1.29 is 9.53 Å². The number of carbonyl (C=O) groups excluding carboxylic acids is 1. The molecule has 7 nitrogen and oxygen atoms in total. The molecule has 0 N–H and O–H groups in total. The Morgan fingerprint density at radius 3 is 3.10 bits per heavy atom. The largest absolute Gasteiger partial charge is 0.373 e. The fourth-order valence-electron chi connectivity index (χ4n) is 3.08. The van der Waals surface area contributed by atoms with E-state index in [0.717, 1.165) is 32.6 Å². The molecule has 0 spiro atoms. The Labute approximate surface area is 124 Å². The van der Waals surface area contributed by atoms with Crippen molar-refractivity contribution in [2.75, 3.05) is 32.8 Å². The number of hydrogen-bond acceptors (Lipinski definition) is 5. The molecule has 7 heteroatoms. The molecule has 0 bridgehead atoms. The van der Waals surface area contributed by atoms with Crippen LogP contribution >= 0.6 is 0 Å². The second kappa shape index (κ2) is 5.95. The molecule has 0 saturated carbocycles. The average Bonchev–Trinajstić information content (AvgIpc) is 3.09. The number of rotatable bonds is 4. The minimum Gasteiger partial charge on any atom is -0.373 e. The molecule has 0 aromatic carbocycles. The summed E-state index contributed by atoms with van der Waals surface area (Å²) >= 11 is 0. The van der Waals surface area contributed by atoms with Crippen LogP contribution in [0.1, 0.15) is 17.0 Å². The van der Waals surface area contributed by atoms with Gasteiger partial charge in [-0.15, -0.1) is 11.7 Å². The number of nitrogens with zero attached hydrogens (tertiary/aromatic N) is 5. The van der Waals surface area contributed by atoms with E-state index in [1.54, 1.807) is 24.1 Å². The third-order valence-corrected chi connectivity index (χ3v) is 4.11. The van der Waals surface area contributed by atoms with Crippen molar-refractivity contribution >= 4 is 5.91 Å². The van der Waals surface area contributed by atoms with E-state index in [4.69, 9.17) is 4.74 Å². The molecule has 1 aromatic rings. The van der Waals surface area contributed by atoms with Gasteiger partial charge in [-0.2, -0.15) is 0 Å². The van der Waals surface area contributed by atoms with Crippen molar-refractivity contribution in [2.45, 2.75) is 18.6 Å². The molecular weight excluding hydrogens is 270 g/mol. The Kier molecular flexibility index (Phi) is 4.03. The monoisotopic (exact) mass is 291 g/mol. The van der Waals surface area contributed by atoms with Gasteiger partial charge >= 0.3 is 0 Å². The van der Waals surface area contributed by atoms with Crippen molar-refractivity contribution in [2.24, 2.45) is 7.05 Å². The number of ether oxygens (including phenoxy) is 1. The molecule has 2 fully saturated rings. The summed E-state index contributed by atoms with van der Waals surface area (Å²) in [5.74, 6) is 0.203. The summed E-state index contributed by atoms with van der Waals surface area (Å²) in [5.41, 5.74) is 0. The van der Waals surface area contributed by atoms with Gasteiger partial charge in [-0.1, -0.05) is 6.08 Å². The first-order chi connectivity index (χ1) is 10.2. The highest BCUT2D eigenvalue weighted by Gasteiger charge is 2.38. The third kappa shape index (κ3) is 2.98. The van der Waals surface area contributed by atoms with E-state index in [1.165, 1.54) is 0 Å². The van der Waals surface area contributed by atoms with Crippen molar-refractivity contribution in [3.8, 4) is 0 Å². The van der Waals surface area contributed by atoms with Gasteiger partial charge < -0.3 is 9.64 Å². The zero-order chi connectivity index (χ0) is 14.8. The van der Waals surface area contributed by atoms with Crippen molar-refractivity contribution in [3.05, 3.63) is 24.8 Å². The standard InChI is InChI=1S/C14H21N5O2/c1-3-6-21-12-7-11-8-19(5-4-18(11)9-12)14(20)13-15-10-17(2)16-13/h3,10-12H,1,4-9H2,2H3. The second-order valence-corrected chi connectivity index (χ2v) is 5.62. The summed E-state index contributed by atoms with van der Waals surface area (Å²) in [6.45, 7) is 7.55. The van der Waals surface area contributed by atoms with E-state index >= 15 is 0 Å². The van der Waals surface area contributed by atoms with E-state index in [9.17, 15) is 4.79 Å². The van der Waals surface area contributed by atoms with Gasteiger partial charge in [0.15, 0.2) is 0 Å². The van der Waals surface area contributed by atoms with Crippen LogP contribution in [0.25, 0.3) is 0 Å². The smallest absolute Gasteiger partial charge is 0.293 e. The molecule has 2 aliphatic heterocycles. The minimum absolute atomic E-state index is 0.0780. The average molecular weight is 291 g/mol. The molecule has 2 unspecified atom stereocenters. The number of fused-ring (bicyclic) bond motifs is 1. The Morgan fingerprint density at radius 1 is 1.52 bits per heavy atom. The maximum atomic E-state index is 12.4. The summed E-state index contributed by atoms with van der Waals surface area (Å²) in [5, 5.41) is 4.09. The van der Waals surface area contributed by atoms with E-state index in [1.807, 2.05) is 4.90 Å². The second-order valence-electron chi connectivity index (χ2n) is 5.62. The summed E-state index contributed by atoms with van der Waals surface area (Å²) in [6.07, 6.45) is 4.54. The molecule has 2 saturated heterocycles. The number of aromatic nitrogens is 3. The molecule has 1 aromatic heterocycles. The molecule has 114 valence electrons. The van der Waals surface area contributed by atoms with E-state index in [2.05, 4.69) is 21.6 Å². The van der Waals surface area contributed by atoms with Crippen LogP contribution in [0, 0.1) is 0 Å². The molecule has 0 aliphatic carbocycles. The molecule has 2 atom stereocenters. The van der Waals surface area contributed by atoms with Gasteiger partial charge in [-0.3, -0.25) is 14.4 Å². The van der Waals surface area contributed by atoms with Crippen LogP contribution in [0.15, 0.2) is 19.0 Å². The lowest BCUT2D eigenvalue weighted by molar-refractivity contribution is 0.0550. The summed E-state index contributed by atoms with van der Waals surface area (Å²) in [7, 11) is 1.76. The number of piperazine rings is 1. The minimum atomic E-state index is -0.0780. The summed E-state index contributed by atoms with van der Waals surface area (Å²) < 4.78 is 7.29. The van der Waals surface area contributed by atoms with Crippen LogP contribution in [0.2, 0.25) is 0 Å². The van der Waals surface area contributed by atoms with E-state index in [-0.39, 0.29) is 17.8 Å². The molecule has 0 radical (unpaired) electrons. The highest BCUT2D eigenvalue weighted by atomic mass is 16.5. The lowest BCUT2D eigenvalue weighted by Gasteiger charge is -2.36. The van der Waals surface area contributed by atoms with Gasteiger partial charge in [0.25, 0.3) is 5.91 Å². The number of hydrogen-bond donors (Lipinski definition) is 0. The van der Waals surface area contributed by atoms with Crippen LogP contribution in [-0.4, -0.2) is 75.4 Å². The van der Waals surface area contributed by atoms with Crippen LogP contribution in [-0.2, 0) is 11.8 Å². The molecule has 3 rings (SSSR count).